The molecule has 5 heteroatoms. The van der Waals surface area contributed by atoms with Crippen molar-refractivity contribution in [1.29, 1.82) is 5.41 Å². The first kappa shape index (κ1) is 34.2. The van der Waals surface area contributed by atoms with Gasteiger partial charge >= 0.3 is 6.18 Å². The second-order valence-corrected chi connectivity index (χ2v) is 10.1. The van der Waals surface area contributed by atoms with Crippen LogP contribution in [-0.2, 0) is 0 Å². The van der Waals surface area contributed by atoms with Gasteiger partial charge in [-0.15, -0.1) is 0 Å². The first-order valence-corrected chi connectivity index (χ1v) is 14.5. The summed E-state index contributed by atoms with van der Waals surface area (Å²) in [7, 11) is 0. The van der Waals surface area contributed by atoms with Gasteiger partial charge in [-0.2, -0.15) is 13.2 Å². The number of hydrogen-bond donors (Lipinski definition) is 2. The van der Waals surface area contributed by atoms with Gasteiger partial charge in [0, 0.05) is 11.9 Å². The van der Waals surface area contributed by atoms with Crippen LogP contribution in [0.1, 0.15) is 115 Å². The Morgan fingerprint density at radius 3 is 2.21 bits per heavy atom. The quantitative estimate of drug-likeness (QED) is 0.115. The van der Waals surface area contributed by atoms with Crippen molar-refractivity contribution in [2.75, 3.05) is 0 Å². The Balaban J connectivity index is 3.45. The van der Waals surface area contributed by atoms with Crippen LogP contribution in [-0.4, -0.2) is 12.4 Å². The van der Waals surface area contributed by atoms with Gasteiger partial charge in [0.15, 0.2) is 0 Å². The van der Waals surface area contributed by atoms with Crippen molar-refractivity contribution in [3.63, 3.8) is 0 Å². The zero-order valence-electron chi connectivity index (χ0n) is 24.8. The summed E-state index contributed by atoms with van der Waals surface area (Å²) in [6.45, 7) is 12.0. The van der Waals surface area contributed by atoms with E-state index in [4.69, 9.17) is 5.41 Å². The number of alkyl halides is 3. The molecule has 0 unspecified atom stereocenters. The lowest BCUT2D eigenvalue weighted by Crippen LogP contribution is -2.28. The summed E-state index contributed by atoms with van der Waals surface area (Å²) >= 11 is 0. The van der Waals surface area contributed by atoms with Gasteiger partial charge in [0.25, 0.3) is 0 Å². The van der Waals surface area contributed by atoms with E-state index in [0.717, 1.165) is 43.0 Å². The molecule has 0 bridgehead atoms. The predicted octanol–water partition coefficient (Wildman–Crippen LogP) is 11.1. The Labute approximate surface area is 235 Å². The molecule has 0 aliphatic carbocycles. The minimum atomic E-state index is -4.59. The summed E-state index contributed by atoms with van der Waals surface area (Å²) in [5.74, 6) is 0.581. The van der Waals surface area contributed by atoms with E-state index < -0.39 is 11.9 Å². The fourth-order valence-electron chi connectivity index (χ4n) is 4.58. The van der Waals surface area contributed by atoms with Crippen molar-refractivity contribution < 1.29 is 13.2 Å². The lowest BCUT2D eigenvalue weighted by atomic mass is 9.88. The first-order valence-electron chi connectivity index (χ1n) is 14.5. The van der Waals surface area contributed by atoms with Gasteiger partial charge < -0.3 is 10.7 Å². The smallest absolute Gasteiger partial charge is 0.351 e. The SMILES string of the molecule is CC\C=C/C=C(N/C(=C(/C)C=N)C(F)(F)F)/C(=C\C=C\c1ccc(C(CCC)CCC)cc1C)CCCCC. The first-order chi connectivity index (χ1) is 18.6. The van der Waals surface area contributed by atoms with E-state index in [1.807, 2.05) is 31.2 Å². The third-order valence-electron chi connectivity index (χ3n) is 6.80. The number of aryl methyl sites for hydroxylation is 1. The monoisotopic (exact) mass is 542 g/mol. The molecule has 2 N–H and O–H groups in total. The van der Waals surface area contributed by atoms with E-state index in [0.29, 0.717) is 18.0 Å². The van der Waals surface area contributed by atoms with Gasteiger partial charge in [-0.3, -0.25) is 0 Å². The lowest BCUT2D eigenvalue weighted by molar-refractivity contribution is -0.0962. The summed E-state index contributed by atoms with van der Waals surface area (Å²) in [4.78, 5) is 0. The van der Waals surface area contributed by atoms with Crippen LogP contribution in [0.3, 0.4) is 0 Å². The van der Waals surface area contributed by atoms with E-state index in [2.05, 4.69) is 51.2 Å². The van der Waals surface area contributed by atoms with Gasteiger partial charge in [0.1, 0.15) is 5.70 Å². The van der Waals surface area contributed by atoms with Crippen molar-refractivity contribution in [3.05, 3.63) is 87.8 Å². The molecule has 216 valence electrons. The molecule has 0 amide bonds. The van der Waals surface area contributed by atoms with Crippen molar-refractivity contribution in [3.8, 4) is 0 Å². The Kier molecular flexibility index (Phi) is 16.2. The minimum absolute atomic E-state index is 0.156. The van der Waals surface area contributed by atoms with E-state index in [1.54, 1.807) is 12.2 Å². The van der Waals surface area contributed by atoms with Crippen LogP contribution in [0.5, 0.6) is 0 Å². The molecule has 0 spiro atoms. The van der Waals surface area contributed by atoms with Crippen LogP contribution in [0, 0.1) is 12.3 Å². The lowest BCUT2D eigenvalue weighted by Gasteiger charge is -2.20. The molecule has 0 fully saturated rings. The average Bonchev–Trinajstić information content (AvgIpc) is 2.89. The fraction of sp³-hybridized carbons (Fsp3) is 0.500. The molecule has 39 heavy (non-hydrogen) atoms. The molecule has 0 aliphatic heterocycles. The molecule has 1 aromatic rings. The van der Waals surface area contributed by atoms with Crippen LogP contribution in [0.4, 0.5) is 13.2 Å². The summed E-state index contributed by atoms with van der Waals surface area (Å²) in [5.41, 5.74) is 3.84. The summed E-state index contributed by atoms with van der Waals surface area (Å²) in [6, 6.07) is 6.66. The van der Waals surface area contributed by atoms with E-state index in [-0.39, 0.29) is 5.57 Å². The van der Waals surface area contributed by atoms with Gasteiger partial charge in [-0.25, -0.2) is 0 Å². The largest absolute Gasteiger partial charge is 0.431 e. The number of nitrogens with one attached hydrogen (secondary N) is 2. The van der Waals surface area contributed by atoms with Crippen LogP contribution < -0.4 is 5.32 Å². The maximum Gasteiger partial charge on any atom is 0.431 e. The Morgan fingerprint density at radius 2 is 1.67 bits per heavy atom. The summed E-state index contributed by atoms with van der Waals surface area (Å²) in [6.07, 6.45) is 16.5. The molecular weight excluding hydrogens is 493 g/mol. The highest BCUT2D eigenvalue weighted by atomic mass is 19.4. The second kappa shape index (κ2) is 18.5. The maximum absolute atomic E-state index is 13.9. The Morgan fingerprint density at radius 1 is 0.974 bits per heavy atom. The normalized spacial score (nSPS) is 14.0. The highest BCUT2D eigenvalue weighted by Gasteiger charge is 2.36. The molecule has 0 atom stereocenters. The summed E-state index contributed by atoms with van der Waals surface area (Å²) in [5, 5.41) is 10.1. The molecule has 1 aromatic carbocycles. The second-order valence-electron chi connectivity index (χ2n) is 10.1. The molecule has 0 heterocycles. The van der Waals surface area contributed by atoms with Crippen molar-refractivity contribution in [2.24, 2.45) is 0 Å². The zero-order valence-corrected chi connectivity index (χ0v) is 24.8. The van der Waals surface area contributed by atoms with Crippen LogP contribution in [0.15, 0.2) is 71.1 Å². The third-order valence-corrected chi connectivity index (χ3v) is 6.80. The fourth-order valence-corrected chi connectivity index (χ4v) is 4.58. The molecule has 0 saturated carbocycles. The number of unbranched alkanes of at least 4 members (excludes halogenated alkanes) is 2. The maximum atomic E-state index is 13.9. The van der Waals surface area contributed by atoms with Gasteiger partial charge in [0.2, 0.25) is 0 Å². The van der Waals surface area contributed by atoms with Crippen molar-refractivity contribution in [1.82, 2.24) is 5.32 Å². The topological polar surface area (TPSA) is 35.9 Å². The van der Waals surface area contributed by atoms with Crippen molar-refractivity contribution >= 4 is 12.3 Å². The molecule has 0 radical (unpaired) electrons. The third kappa shape index (κ3) is 12.3. The Bertz CT molecular complexity index is 1030. The molecule has 0 saturated heterocycles. The number of halogens is 3. The standard InChI is InChI=1S/C34H49F3N2/c1-7-11-13-18-30(32(21-14-12-8-2)39-33(27(6)25-38)34(35,36)37)20-15-19-28-22-23-31(24-26(28)5)29(16-9-3)17-10-4/h12,14-15,19-25,29,38-39H,7-11,13,16-18H2,1-6H3/b14-12-,19-15+,30-20-,32-21-,33-27-,38-25?. The molecule has 1 rings (SSSR count). The van der Waals surface area contributed by atoms with Crippen LogP contribution in [0.2, 0.25) is 0 Å². The predicted molar refractivity (Wildman–Crippen MR) is 163 cm³/mol. The van der Waals surface area contributed by atoms with E-state index >= 15 is 0 Å². The molecular formula is C34H49F3N2. The highest BCUT2D eigenvalue weighted by molar-refractivity contribution is 5.76. The van der Waals surface area contributed by atoms with Crippen LogP contribution in [0.25, 0.3) is 6.08 Å². The van der Waals surface area contributed by atoms with Crippen molar-refractivity contribution in [2.45, 2.75) is 111 Å². The minimum Gasteiger partial charge on any atom is -0.351 e. The molecule has 2 nitrogen and oxygen atoms in total. The number of benzene rings is 1. The summed E-state index contributed by atoms with van der Waals surface area (Å²) < 4.78 is 41.6. The molecule has 0 aliphatic rings. The average molecular weight is 543 g/mol. The van der Waals surface area contributed by atoms with E-state index in [1.165, 1.54) is 43.7 Å². The van der Waals surface area contributed by atoms with E-state index in [9.17, 15) is 13.2 Å². The highest BCUT2D eigenvalue weighted by Crippen LogP contribution is 2.30. The van der Waals surface area contributed by atoms with Crippen LogP contribution >= 0.6 is 0 Å². The zero-order chi connectivity index (χ0) is 29.3. The van der Waals surface area contributed by atoms with Gasteiger partial charge in [-0.1, -0.05) is 102 Å². The Hall–Kier alpha value is -2.82. The number of allylic oxidation sites excluding steroid dienone is 8. The van der Waals surface area contributed by atoms with Gasteiger partial charge in [-0.05, 0) is 85.8 Å². The number of hydrogen-bond acceptors (Lipinski definition) is 2. The van der Waals surface area contributed by atoms with Gasteiger partial charge in [0.05, 0.1) is 0 Å². The number of rotatable bonds is 17. The molecule has 0 aromatic heterocycles.